The third-order valence-electron chi connectivity index (χ3n) is 3.36. The van der Waals surface area contributed by atoms with E-state index >= 15 is 0 Å². The van der Waals surface area contributed by atoms with Crippen molar-refractivity contribution in [2.45, 2.75) is 51.7 Å². The summed E-state index contributed by atoms with van der Waals surface area (Å²) in [5, 5.41) is 2.79. The molecule has 6 heteroatoms. The molecule has 0 aromatic heterocycles. The fourth-order valence-corrected chi connectivity index (χ4v) is 2.30. The van der Waals surface area contributed by atoms with E-state index in [1.54, 1.807) is 4.90 Å². The first-order chi connectivity index (χ1) is 9.62. The number of ether oxygens (including phenoxy) is 1. The van der Waals surface area contributed by atoms with Gasteiger partial charge >= 0.3 is 0 Å². The fourth-order valence-electron chi connectivity index (χ4n) is 2.30. The average molecular weight is 285 g/mol. The van der Waals surface area contributed by atoms with Gasteiger partial charge in [-0.05, 0) is 25.7 Å². The maximum Gasteiger partial charge on any atom is 0.252 e. The zero-order chi connectivity index (χ0) is 15.0. The van der Waals surface area contributed by atoms with Crippen LogP contribution in [-0.2, 0) is 14.3 Å². The highest BCUT2D eigenvalue weighted by atomic mass is 16.5. The van der Waals surface area contributed by atoms with Crippen LogP contribution in [0.3, 0.4) is 0 Å². The van der Waals surface area contributed by atoms with Crippen molar-refractivity contribution >= 4 is 11.8 Å². The summed E-state index contributed by atoms with van der Waals surface area (Å²) in [7, 11) is 0. The molecule has 2 unspecified atom stereocenters. The van der Waals surface area contributed by atoms with E-state index in [1.165, 1.54) is 0 Å². The molecule has 1 rings (SSSR count). The summed E-state index contributed by atoms with van der Waals surface area (Å²) < 4.78 is 5.61. The Bertz CT molecular complexity index is 323. The second kappa shape index (κ2) is 8.92. The highest BCUT2D eigenvalue weighted by molar-refractivity contribution is 5.87. The van der Waals surface area contributed by atoms with Gasteiger partial charge in [0.15, 0.2) is 0 Å². The number of carbonyl (C=O) groups excluding carboxylic acids is 2. The third-order valence-corrected chi connectivity index (χ3v) is 3.36. The molecule has 20 heavy (non-hydrogen) atoms. The van der Waals surface area contributed by atoms with Gasteiger partial charge in [-0.2, -0.15) is 0 Å². The number of hydrogen-bond acceptors (Lipinski definition) is 4. The van der Waals surface area contributed by atoms with Gasteiger partial charge < -0.3 is 20.7 Å². The monoisotopic (exact) mass is 285 g/mol. The summed E-state index contributed by atoms with van der Waals surface area (Å²) in [5.41, 5.74) is 5.55. The number of rotatable bonds is 8. The van der Waals surface area contributed by atoms with E-state index < -0.39 is 6.10 Å². The third kappa shape index (κ3) is 5.09. The van der Waals surface area contributed by atoms with Gasteiger partial charge in [-0.25, -0.2) is 0 Å². The molecule has 0 aromatic rings. The minimum absolute atomic E-state index is 0.0265. The molecule has 1 fully saturated rings. The molecule has 2 atom stereocenters. The maximum absolute atomic E-state index is 12.4. The van der Waals surface area contributed by atoms with Crippen molar-refractivity contribution in [3.8, 4) is 0 Å². The summed E-state index contributed by atoms with van der Waals surface area (Å²) in [6.45, 7) is 5.75. The lowest BCUT2D eigenvalue weighted by Gasteiger charge is -2.24. The van der Waals surface area contributed by atoms with E-state index in [9.17, 15) is 9.59 Å². The molecule has 6 nitrogen and oxygen atoms in total. The van der Waals surface area contributed by atoms with Gasteiger partial charge in [0.1, 0.15) is 6.10 Å². The lowest BCUT2D eigenvalue weighted by Crippen LogP contribution is -2.45. The van der Waals surface area contributed by atoms with Gasteiger partial charge in [0.25, 0.3) is 5.91 Å². The fraction of sp³-hybridized carbons (Fsp3) is 0.857. The number of hydrogen-bond donors (Lipinski definition) is 2. The van der Waals surface area contributed by atoms with E-state index in [2.05, 4.69) is 5.32 Å². The molecule has 1 aliphatic heterocycles. The quantitative estimate of drug-likeness (QED) is 0.670. The van der Waals surface area contributed by atoms with Crippen molar-refractivity contribution in [2.75, 3.05) is 26.2 Å². The minimum Gasteiger partial charge on any atom is -0.364 e. The summed E-state index contributed by atoms with van der Waals surface area (Å²) in [4.78, 5) is 25.7. The van der Waals surface area contributed by atoms with Crippen LogP contribution in [0.5, 0.6) is 0 Å². The zero-order valence-corrected chi connectivity index (χ0v) is 12.6. The molecular formula is C14H27N3O3. The number of carbonyl (C=O) groups is 2. The van der Waals surface area contributed by atoms with Crippen LogP contribution in [0.2, 0.25) is 0 Å². The first kappa shape index (κ1) is 16.9. The Labute approximate surface area is 121 Å². The van der Waals surface area contributed by atoms with Crippen molar-refractivity contribution in [2.24, 2.45) is 5.73 Å². The van der Waals surface area contributed by atoms with Crippen LogP contribution in [0.4, 0.5) is 0 Å². The highest BCUT2D eigenvalue weighted by Gasteiger charge is 2.33. The van der Waals surface area contributed by atoms with Gasteiger partial charge in [0.05, 0.1) is 12.6 Å². The number of nitrogens with one attached hydrogen (secondary N) is 1. The Hall–Kier alpha value is -1.14. The number of nitrogens with zero attached hydrogens (tertiary/aromatic N) is 1. The van der Waals surface area contributed by atoms with Crippen molar-refractivity contribution in [1.82, 2.24) is 10.2 Å². The van der Waals surface area contributed by atoms with Crippen LogP contribution in [0.1, 0.15) is 39.5 Å². The topological polar surface area (TPSA) is 84.7 Å². The van der Waals surface area contributed by atoms with Gasteiger partial charge in [-0.1, -0.05) is 13.8 Å². The molecule has 1 aliphatic rings. The van der Waals surface area contributed by atoms with Gasteiger partial charge in [-0.15, -0.1) is 0 Å². The second-order valence-electron chi connectivity index (χ2n) is 5.17. The average Bonchev–Trinajstić information content (AvgIpc) is 2.92. The molecule has 0 aliphatic carbocycles. The molecule has 116 valence electrons. The minimum atomic E-state index is -0.436. The summed E-state index contributed by atoms with van der Waals surface area (Å²) in [6, 6.07) is 0. The van der Waals surface area contributed by atoms with E-state index in [-0.39, 0.29) is 24.5 Å². The molecule has 0 bridgehead atoms. The number of nitrogens with two attached hydrogens (primary N) is 1. The van der Waals surface area contributed by atoms with Crippen LogP contribution < -0.4 is 11.1 Å². The smallest absolute Gasteiger partial charge is 0.252 e. The molecule has 1 saturated heterocycles. The molecule has 0 aromatic carbocycles. The molecular weight excluding hydrogens is 258 g/mol. The first-order valence-electron chi connectivity index (χ1n) is 7.53. The van der Waals surface area contributed by atoms with Gasteiger partial charge in [-0.3, -0.25) is 9.59 Å². The van der Waals surface area contributed by atoms with E-state index in [0.29, 0.717) is 26.1 Å². The predicted molar refractivity (Wildman–Crippen MR) is 77.1 cm³/mol. The Kier molecular flexibility index (Phi) is 7.54. The SMILES string of the molecule is CCCNC(=O)CN(CCC)C(=O)C1CCC(CN)O1. The Balaban J connectivity index is 2.52. The van der Waals surface area contributed by atoms with Crippen LogP contribution >= 0.6 is 0 Å². The van der Waals surface area contributed by atoms with Crippen LogP contribution in [0.25, 0.3) is 0 Å². The van der Waals surface area contributed by atoms with Gasteiger partial charge in [0, 0.05) is 19.6 Å². The van der Waals surface area contributed by atoms with Crippen molar-refractivity contribution in [3.05, 3.63) is 0 Å². The standard InChI is InChI=1S/C14H27N3O3/c1-3-7-16-13(18)10-17(8-4-2)14(19)12-6-5-11(9-15)20-12/h11-12H,3-10,15H2,1-2H3,(H,16,18). The lowest BCUT2D eigenvalue weighted by molar-refractivity contribution is -0.145. The summed E-state index contributed by atoms with van der Waals surface area (Å²) in [5.74, 6) is -0.198. The number of amides is 2. The molecule has 0 spiro atoms. The van der Waals surface area contributed by atoms with E-state index in [0.717, 1.165) is 19.3 Å². The van der Waals surface area contributed by atoms with E-state index in [4.69, 9.17) is 10.5 Å². The second-order valence-corrected chi connectivity index (χ2v) is 5.17. The lowest BCUT2D eigenvalue weighted by atomic mass is 10.1. The Morgan fingerprint density at radius 1 is 1.30 bits per heavy atom. The first-order valence-corrected chi connectivity index (χ1v) is 7.53. The van der Waals surface area contributed by atoms with Crippen molar-refractivity contribution in [3.63, 3.8) is 0 Å². The molecule has 3 N–H and O–H groups in total. The highest BCUT2D eigenvalue weighted by Crippen LogP contribution is 2.20. The van der Waals surface area contributed by atoms with Crippen LogP contribution in [0, 0.1) is 0 Å². The van der Waals surface area contributed by atoms with Crippen LogP contribution in [0.15, 0.2) is 0 Å². The molecule has 1 heterocycles. The van der Waals surface area contributed by atoms with Crippen molar-refractivity contribution < 1.29 is 14.3 Å². The molecule has 2 amide bonds. The zero-order valence-electron chi connectivity index (χ0n) is 12.6. The normalized spacial score (nSPS) is 21.8. The summed E-state index contributed by atoms with van der Waals surface area (Å²) >= 11 is 0. The van der Waals surface area contributed by atoms with Crippen molar-refractivity contribution in [1.29, 1.82) is 0 Å². The summed E-state index contributed by atoms with van der Waals surface area (Å²) in [6.07, 6.45) is 2.75. The van der Waals surface area contributed by atoms with E-state index in [1.807, 2.05) is 13.8 Å². The Morgan fingerprint density at radius 2 is 2.05 bits per heavy atom. The largest absolute Gasteiger partial charge is 0.364 e. The predicted octanol–water partition coefficient (Wildman–Crippen LogP) is 0.258. The molecule has 0 saturated carbocycles. The van der Waals surface area contributed by atoms with Crippen LogP contribution in [-0.4, -0.2) is 55.1 Å². The maximum atomic E-state index is 12.4. The van der Waals surface area contributed by atoms with Gasteiger partial charge in [0.2, 0.25) is 5.91 Å². The molecule has 0 radical (unpaired) electrons. The Morgan fingerprint density at radius 3 is 2.60 bits per heavy atom.